The second-order valence-electron chi connectivity index (χ2n) is 7.55. The van der Waals surface area contributed by atoms with Crippen molar-refractivity contribution in [1.82, 2.24) is 19.9 Å². The fourth-order valence-electron chi connectivity index (χ4n) is 3.99. The Balaban J connectivity index is 1.37. The number of aryl methyl sites for hydroxylation is 1. The van der Waals surface area contributed by atoms with Gasteiger partial charge in [-0.15, -0.1) is 0 Å². The number of carbonyl (C=O) groups excluding carboxylic acids is 1. The van der Waals surface area contributed by atoms with Gasteiger partial charge in [0.05, 0.1) is 12.2 Å². The standard InChI is InChI=1S/C20H25N5O/c1-3-15-11-22-19(23-12-15)25-9-7-20(14-25)10-17(20)18(26)24(2)13-16-6-4-5-8-21-16/h4-6,8,11-12,17H,3,7,9-10,13-14H2,1-2H3. The van der Waals surface area contributed by atoms with Crippen molar-refractivity contribution in [2.45, 2.75) is 32.7 Å². The summed E-state index contributed by atoms with van der Waals surface area (Å²) in [5, 5.41) is 0. The van der Waals surface area contributed by atoms with Crippen molar-refractivity contribution >= 4 is 11.9 Å². The number of pyridine rings is 1. The Morgan fingerprint density at radius 3 is 2.81 bits per heavy atom. The molecule has 0 radical (unpaired) electrons. The van der Waals surface area contributed by atoms with Crippen LogP contribution in [-0.4, -0.2) is 45.9 Å². The smallest absolute Gasteiger partial charge is 0.226 e. The van der Waals surface area contributed by atoms with Crippen LogP contribution in [-0.2, 0) is 17.8 Å². The molecule has 6 heteroatoms. The second-order valence-corrected chi connectivity index (χ2v) is 7.55. The van der Waals surface area contributed by atoms with Gasteiger partial charge in [-0.1, -0.05) is 13.0 Å². The first kappa shape index (κ1) is 16.9. The first-order chi connectivity index (χ1) is 12.6. The summed E-state index contributed by atoms with van der Waals surface area (Å²) in [6, 6.07) is 5.81. The fraction of sp³-hybridized carbons (Fsp3) is 0.500. The molecule has 1 spiro atoms. The molecule has 2 aromatic heterocycles. The SMILES string of the molecule is CCc1cnc(N2CCC3(CC3C(=O)N(C)Cc3ccccn3)C2)nc1. The molecule has 2 aromatic rings. The van der Waals surface area contributed by atoms with Gasteiger partial charge in [-0.05, 0) is 37.0 Å². The first-order valence-electron chi connectivity index (χ1n) is 9.32. The van der Waals surface area contributed by atoms with E-state index < -0.39 is 0 Å². The zero-order valence-electron chi connectivity index (χ0n) is 15.4. The number of aromatic nitrogens is 3. The van der Waals surface area contributed by atoms with E-state index >= 15 is 0 Å². The van der Waals surface area contributed by atoms with E-state index in [2.05, 4.69) is 26.8 Å². The molecule has 2 fully saturated rings. The monoisotopic (exact) mass is 351 g/mol. The van der Waals surface area contributed by atoms with Crippen molar-refractivity contribution in [3.63, 3.8) is 0 Å². The molecule has 4 rings (SSSR count). The third-order valence-corrected chi connectivity index (χ3v) is 5.76. The summed E-state index contributed by atoms with van der Waals surface area (Å²) >= 11 is 0. The summed E-state index contributed by atoms with van der Waals surface area (Å²) in [4.78, 5) is 30.2. The Morgan fingerprint density at radius 1 is 1.31 bits per heavy atom. The summed E-state index contributed by atoms with van der Waals surface area (Å²) < 4.78 is 0. The molecule has 0 N–H and O–H groups in total. The van der Waals surface area contributed by atoms with Crippen molar-refractivity contribution in [2.24, 2.45) is 11.3 Å². The van der Waals surface area contributed by atoms with Crippen LogP contribution in [0.5, 0.6) is 0 Å². The van der Waals surface area contributed by atoms with Gasteiger partial charge in [-0.2, -0.15) is 0 Å². The highest BCUT2D eigenvalue weighted by atomic mass is 16.2. The van der Waals surface area contributed by atoms with Gasteiger partial charge < -0.3 is 9.80 Å². The lowest BCUT2D eigenvalue weighted by Crippen LogP contribution is -2.31. The Bertz CT molecular complexity index is 779. The average Bonchev–Trinajstić information content (AvgIpc) is 3.21. The van der Waals surface area contributed by atoms with Crippen LogP contribution >= 0.6 is 0 Å². The summed E-state index contributed by atoms with van der Waals surface area (Å²) in [5.41, 5.74) is 2.19. The molecule has 1 saturated heterocycles. The summed E-state index contributed by atoms with van der Waals surface area (Å²) in [7, 11) is 1.88. The molecular formula is C20H25N5O. The average molecular weight is 351 g/mol. The number of anilines is 1. The first-order valence-corrected chi connectivity index (χ1v) is 9.32. The molecule has 136 valence electrons. The minimum Gasteiger partial charge on any atom is -0.340 e. The van der Waals surface area contributed by atoms with E-state index in [1.54, 1.807) is 6.20 Å². The number of rotatable bonds is 5. The largest absolute Gasteiger partial charge is 0.340 e. The predicted molar refractivity (Wildman–Crippen MR) is 99.5 cm³/mol. The Hall–Kier alpha value is -2.50. The van der Waals surface area contributed by atoms with Gasteiger partial charge in [0.25, 0.3) is 0 Å². The van der Waals surface area contributed by atoms with E-state index in [4.69, 9.17) is 0 Å². The Kier molecular flexibility index (Phi) is 4.34. The Labute approximate surface area is 154 Å². The van der Waals surface area contributed by atoms with Gasteiger partial charge in [0.1, 0.15) is 0 Å². The maximum absolute atomic E-state index is 12.8. The molecule has 1 saturated carbocycles. The summed E-state index contributed by atoms with van der Waals surface area (Å²) in [6.45, 7) is 4.48. The topological polar surface area (TPSA) is 62.2 Å². The third kappa shape index (κ3) is 3.16. The molecule has 1 aliphatic carbocycles. The van der Waals surface area contributed by atoms with Gasteiger partial charge >= 0.3 is 0 Å². The normalized spacial score (nSPS) is 24.1. The van der Waals surface area contributed by atoms with Crippen molar-refractivity contribution in [3.8, 4) is 0 Å². The lowest BCUT2D eigenvalue weighted by atomic mass is 10.0. The molecule has 1 aliphatic heterocycles. The maximum atomic E-state index is 12.8. The number of hydrogen-bond donors (Lipinski definition) is 0. The molecule has 2 atom stereocenters. The van der Waals surface area contributed by atoms with E-state index in [1.807, 2.05) is 42.5 Å². The Morgan fingerprint density at radius 2 is 2.12 bits per heavy atom. The minimum atomic E-state index is 0.113. The number of carbonyl (C=O) groups is 1. The van der Waals surface area contributed by atoms with Crippen molar-refractivity contribution in [1.29, 1.82) is 0 Å². The van der Waals surface area contributed by atoms with Crippen LogP contribution in [0, 0.1) is 11.3 Å². The highest BCUT2D eigenvalue weighted by Crippen LogP contribution is 2.59. The number of amides is 1. The van der Waals surface area contributed by atoms with E-state index in [1.165, 1.54) is 0 Å². The number of hydrogen-bond acceptors (Lipinski definition) is 5. The predicted octanol–water partition coefficient (Wildman–Crippen LogP) is 2.31. The van der Waals surface area contributed by atoms with E-state index in [0.29, 0.717) is 6.54 Å². The lowest BCUT2D eigenvalue weighted by Gasteiger charge is -2.19. The highest BCUT2D eigenvalue weighted by Gasteiger charge is 2.61. The van der Waals surface area contributed by atoms with Gasteiger partial charge in [-0.25, -0.2) is 9.97 Å². The van der Waals surface area contributed by atoms with Crippen LogP contribution in [0.15, 0.2) is 36.8 Å². The van der Waals surface area contributed by atoms with Crippen LogP contribution in [0.25, 0.3) is 0 Å². The molecule has 26 heavy (non-hydrogen) atoms. The maximum Gasteiger partial charge on any atom is 0.226 e. The molecule has 6 nitrogen and oxygen atoms in total. The molecular weight excluding hydrogens is 326 g/mol. The van der Waals surface area contributed by atoms with Crippen molar-refractivity contribution in [2.75, 3.05) is 25.0 Å². The molecule has 0 bridgehead atoms. The minimum absolute atomic E-state index is 0.113. The van der Waals surface area contributed by atoms with Crippen LogP contribution < -0.4 is 4.90 Å². The number of nitrogens with zero attached hydrogens (tertiary/aromatic N) is 5. The zero-order chi connectivity index (χ0) is 18.1. The zero-order valence-corrected chi connectivity index (χ0v) is 15.4. The van der Waals surface area contributed by atoms with Crippen molar-refractivity contribution in [3.05, 3.63) is 48.0 Å². The molecule has 3 heterocycles. The van der Waals surface area contributed by atoms with Crippen LogP contribution in [0.1, 0.15) is 31.0 Å². The van der Waals surface area contributed by atoms with Gasteiger partial charge in [0.15, 0.2) is 0 Å². The van der Waals surface area contributed by atoms with Crippen LogP contribution in [0.3, 0.4) is 0 Å². The molecule has 2 unspecified atom stereocenters. The molecule has 0 aromatic carbocycles. The fourth-order valence-corrected chi connectivity index (χ4v) is 3.99. The molecule has 2 aliphatic rings. The van der Waals surface area contributed by atoms with Gasteiger partial charge in [-0.3, -0.25) is 9.78 Å². The quantitative estimate of drug-likeness (QED) is 0.827. The summed E-state index contributed by atoms with van der Waals surface area (Å²) in [5.74, 6) is 1.15. The molecule has 1 amide bonds. The summed E-state index contributed by atoms with van der Waals surface area (Å²) in [6.07, 6.45) is 8.54. The van der Waals surface area contributed by atoms with E-state index in [9.17, 15) is 4.79 Å². The highest BCUT2D eigenvalue weighted by molar-refractivity contribution is 5.83. The van der Waals surface area contributed by atoms with Gasteiger partial charge in [0, 0.05) is 50.1 Å². The van der Waals surface area contributed by atoms with Crippen LogP contribution in [0.2, 0.25) is 0 Å². The van der Waals surface area contributed by atoms with Gasteiger partial charge in [0.2, 0.25) is 11.9 Å². The third-order valence-electron chi connectivity index (χ3n) is 5.76. The van der Waals surface area contributed by atoms with E-state index in [0.717, 1.165) is 49.6 Å². The van der Waals surface area contributed by atoms with E-state index in [-0.39, 0.29) is 17.2 Å². The second kappa shape index (κ2) is 6.67. The van der Waals surface area contributed by atoms with Crippen molar-refractivity contribution < 1.29 is 4.79 Å². The van der Waals surface area contributed by atoms with Crippen LogP contribution in [0.4, 0.5) is 5.95 Å². The lowest BCUT2D eigenvalue weighted by molar-refractivity contribution is -0.132.